The second-order valence-electron chi connectivity index (χ2n) is 5.49. The molecule has 25 heavy (non-hydrogen) atoms. The van der Waals surface area contributed by atoms with Gasteiger partial charge >= 0.3 is 5.69 Å². The van der Waals surface area contributed by atoms with Crippen LogP contribution in [0.2, 0.25) is 0 Å². The van der Waals surface area contributed by atoms with E-state index in [1.54, 1.807) is 18.3 Å². The van der Waals surface area contributed by atoms with Gasteiger partial charge in [-0.25, -0.2) is 9.18 Å². The molecule has 0 aliphatic carbocycles. The molecule has 4 rings (SSSR count). The van der Waals surface area contributed by atoms with Crippen LogP contribution in [0.5, 0.6) is 5.75 Å². The van der Waals surface area contributed by atoms with Gasteiger partial charge in [0.05, 0.1) is 24.5 Å². The minimum absolute atomic E-state index is 0.326. The van der Waals surface area contributed by atoms with Crippen LogP contribution in [0.25, 0.3) is 33.3 Å². The van der Waals surface area contributed by atoms with Gasteiger partial charge < -0.3 is 9.72 Å². The highest BCUT2D eigenvalue weighted by atomic mass is 19.1. The topological polar surface area (TPSA) is 83.7 Å². The molecular formula is C18H13FN4O2. The fourth-order valence-electron chi connectivity index (χ4n) is 2.75. The molecule has 7 heteroatoms. The lowest BCUT2D eigenvalue weighted by Gasteiger charge is -2.10. The van der Waals surface area contributed by atoms with E-state index in [0.29, 0.717) is 28.1 Å². The van der Waals surface area contributed by atoms with Gasteiger partial charge in [-0.05, 0) is 24.3 Å². The number of methoxy groups -OCH3 is 1. The van der Waals surface area contributed by atoms with Crippen molar-refractivity contribution in [3.8, 4) is 28.1 Å². The molecule has 0 aliphatic rings. The maximum absolute atomic E-state index is 14.5. The molecule has 0 saturated carbocycles. The third-order valence-corrected chi connectivity index (χ3v) is 3.99. The highest BCUT2D eigenvalue weighted by Gasteiger charge is 2.15. The summed E-state index contributed by atoms with van der Waals surface area (Å²) >= 11 is 0. The second kappa shape index (κ2) is 5.86. The summed E-state index contributed by atoms with van der Waals surface area (Å²) in [5.41, 5.74) is 2.28. The summed E-state index contributed by atoms with van der Waals surface area (Å²) in [6.45, 7) is 0. The predicted molar refractivity (Wildman–Crippen MR) is 91.9 cm³/mol. The highest BCUT2D eigenvalue weighted by Crippen LogP contribution is 2.33. The number of ether oxygens (including phenoxy) is 1. The van der Waals surface area contributed by atoms with Crippen LogP contribution in [0.1, 0.15) is 0 Å². The van der Waals surface area contributed by atoms with Crippen molar-refractivity contribution >= 4 is 10.9 Å². The lowest BCUT2D eigenvalue weighted by atomic mass is 9.99. The molecule has 124 valence electrons. The number of nitrogens with one attached hydrogen (secondary N) is 2. The molecule has 2 N–H and O–H groups in total. The van der Waals surface area contributed by atoms with Crippen molar-refractivity contribution in [3.05, 3.63) is 65.1 Å². The summed E-state index contributed by atoms with van der Waals surface area (Å²) in [7, 11) is 1.47. The maximum Gasteiger partial charge on any atom is 0.345 e. The van der Waals surface area contributed by atoms with Crippen LogP contribution in [0.4, 0.5) is 4.39 Å². The summed E-state index contributed by atoms with van der Waals surface area (Å²) < 4.78 is 19.5. The van der Waals surface area contributed by atoms with Gasteiger partial charge in [-0.3, -0.25) is 5.10 Å². The van der Waals surface area contributed by atoms with Crippen LogP contribution >= 0.6 is 0 Å². The van der Waals surface area contributed by atoms with Crippen LogP contribution in [0.3, 0.4) is 0 Å². The second-order valence-corrected chi connectivity index (χ2v) is 5.49. The van der Waals surface area contributed by atoms with Crippen LogP contribution in [-0.4, -0.2) is 27.3 Å². The van der Waals surface area contributed by atoms with Gasteiger partial charge in [-0.1, -0.05) is 6.07 Å². The van der Waals surface area contributed by atoms with Crippen LogP contribution in [-0.2, 0) is 0 Å². The summed E-state index contributed by atoms with van der Waals surface area (Å²) in [6.07, 6.45) is 3.15. The number of aromatic nitrogens is 4. The van der Waals surface area contributed by atoms with Crippen LogP contribution in [0.15, 0.2) is 53.6 Å². The van der Waals surface area contributed by atoms with Gasteiger partial charge in [0.25, 0.3) is 0 Å². The first kappa shape index (κ1) is 15.1. The molecule has 2 aromatic heterocycles. The van der Waals surface area contributed by atoms with E-state index < -0.39 is 11.5 Å². The molecule has 0 bridgehead atoms. The first-order chi connectivity index (χ1) is 12.2. The van der Waals surface area contributed by atoms with Crippen molar-refractivity contribution in [2.75, 3.05) is 7.11 Å². The van der Waals surface area contributed by atoms with Crippen molar-refractivity contribution in [1.82, 2.24) is 20.2 Å². The van der Waals surface area contributed by atoms with E-state index in [0.717, 1.165) is 10.9 Å². The number of halogens is 1. The first-order valence-corrected chi connectivity index (χ1v) is 7.53. The average Bonchev–Trinajstić information content (AvgIpc) is 3.09. The SMILES string of the molecule is COc1ccc(-c2c[nH]c(=O)nc2-c2ccc3[nH]ncc3c2)c(F)c1. The molecule has 2 heterocycles. The number of aromatic amines is 2. The summed E-state index contributed by atoms with van der Waals surface area (Å²) in [5.74, 6) is -0.0427. The Labute approximate surface area is 141 Å². The molecule has 0 radical (unpaired) electrons. The number of hydrogen-bond donors (Lipinski definition) is 2. The molecule has 0 amide bonds. The quantitative estimate of drug-likeness (QED) is 0.602. The van der Waals surface area contributed by atoms with Gasteiger partial charge in [0.1, 0.15) is 11.6 Å². The third-order valence-electron chi connectivity index (χ3n) is 3.99. The monoisotopic (exact) mass is 336 g/mol. The molecule has 0 spiro atoms. The minimum atomic E-state index is -0.500. The molecule has 0 fully saturated rings. The van der Waals surface area contributed by atoms with Gasteiger partial charge in [-0.15, -0.1) is 0 Å². The van der Waals surface area contributed by atoms with E-state index in [1.807, 2.05) is 18.2 Å². The summed E-state index contributed by atoms with van der Waals surface area (Å²) in [4.78, 5) is 18.3. The van der Waals surface area contributed by atoms with Gasteiger partial charge in [0, 0.05) is 34.3 Å². The van der Waals surface area contributed by atoms with Gasteiger partial charge in [-0.2, -0.15) is 10.1 Å². The largest absolute Gasteiger partial charge is 0.497 e. The van der Waals surface area contributed by atoms with Crippen molar-refractivity contribution in [3.63, 3.8) is 0 Å². The van der Waals surface area contributed by atoms with Crippen molar-refractivity contribution < 1.29 is 9.13 Å². The van der Waals surface area contributed by atoms with Gasteiger partial charge in [0.15, 0.2) is 0 Å². The molecule has 0 unspecified atom stereocenters. The number of H-pyrrole nitrogens is 2. The Bertz CT molecular complexity index is 1130. The Balaban J connectivity index is 1.94. The van der Waals surface area contributed by atoms with Gasteiger partial charge in [0.2, 0.25) is 0 Å². The predicted octanol–water partition coefficient (Wildman–Crippen LogP) is 3.13. The van der Waals surface area contributed by atoms with Crippen LogP contribution < -0.4 is 10.4 Å². The number of rotatable bonds is 3. The summed E-state index contributed by atoms with van der Waals surface area (Å²) in [6, 6.07) is 10.1. The Morgan fingerprint density at radius 3 is 2.80 bits per heavy atom. The average molecular weight is 336 g/mol. The van der Waals surface area contributed by atoms with E-state index in [1.165, 1.54) is 19.4 Å². The fourth-order valence-corrected chi connectivity index (χ4v) is 2.75. The maximum atomic E-state index is 14.5. The molecule has 0 aliphatic heterocycles. The highest BCUT2D eigenvalue weighted by molar-refractivity contribution is 5.87. The molecule has 6 nitrogen and oxygen atoms in total. The molecule has 4 aromatic rings. The fraction of sp³-hybridized carbons (Fsp3) is 0.0556. The van der Waals surface area contributed by atoms with E-state index in [9.17, 15) is 9.18 Å². The zero-order chi connectivity index (χ0) is 17.4. The zero-order valence-electron chi connectivity index (χ0n) is 13.2. The van der Waals surface area contributed by atoms with E-state index in [2.05, 4.69) is 20.2 Å². The molecular weight excluding hydrogens is 323 g/mol. The van der Waals surface area contributed by atoms with E-state index >= 15 is 0 Å². The smallest absolute Gasteiger partial charge is 0.345 e. The normalized spacial score (nSPS) is 11.0. The minimum Gasteiger partial charge on any atom is -0.497 e. The lowest BCUT2D eigenvalue weighted by Crippen LogP contribution is -2.11. The Hall–Kier alpha value is -3.48. The van der Waals surface area contributed by atoms with Crippen LogP contribution in [0, 0.1) is 5.82 Å². The lowest BCUT2D eigenvalue weighted by molar-refractivity contribution is 0.411. The Kier molecular flexibility index (Phi) is 3.53. The zero-order valence-corrected chi connectivity index (χ0v) is 13.2. The van der Waals surface area contributed by atoms with Crippen molar-refractivity contribution in [1.29, 1.82) is 0 Å². The first-order valence-electron chi connectivity index (χ1n) is 7.53. The molecule has 0 saturated heterocycles. The van der Waals surface area contributed by atoms with Crippen molar-refractivity contribution in [2.24, 2.45) is 0 Å². The standard InChI is InChI=1S/C18H13FN4O2/c1-25-12-3-4-13(15(19)7-12)14-9-20-18(24)22-17(14)10-2-5-16-11(6-10)8-21-23-16/h2-9H,1H3,(H,21,23)(H,20,22,24). The third kappa shape index (κ3) is 2.65. The molecule has 2 aromatic carbocycles. The van der Waals surface area contributed by atoms with E-state index in [4.69, 9.17) is 4.74 Å². The number of hydrogen-bond acceptors (Lipinski definition) is 4. The number of nitrogens with zero attached hydrogens (tertiary/aromatic N) is 2. The number of fused-ring (bicyclic) bond motifs is 1. The molecule has 0 atom stereocenters. The Morgan fingerprint density at radius 2 is 2.00 bits per heavy atom. The van der Waals surface area contributed by atoms with Crippen molar-refractivity contribution in [2.45, 2.75) is 0 Å². The summed E-state index contributed by atoms with van der Waals surface area (Å²) in [5, 5.41) is 7.72. The number of benzene rings is 2. The van der Waals surface area contributed by atoms with E-state index in [-0.39, 0.29) is 0 Å². The Morgan fingerprint density at radius 1 is 1.12 bits per heavy atom.